The topological polar surface area (TPSA) is 80.1 Å². The Labute approximate surface area is 211 Å². The van der Waals surface area contributed by atoms with E-state index in [1.54, 1.807) is 6.26 Å². The molecular weight excluding hydrogens is 456 g/mol. The number of nitrogens with zero attached hydrogens (tertiary/aromatic N) is 3. The normalized spacial score (nSPS) is 23.6. The van der Waals surface area contributed by atoms with E-state index in [4.69, 9.17) is 13.9 Å². The van der Waals surface area contributed by atoms with Crippen LogP contribution in [-0.2, 0) is 29.2 Å². The Kier molecular flexibility index (Phi) is 6.48. The minimum absolute atomic E-state index is 0.0427. The summed E-state index contributed by atoms with van der Waals surface area (Å²) in [4.78, 5) is 22.2. The molecule has 3 aliphatic rings. The molecule has 4 bridgehead atoms. The van der Waals surface area contributed by atoms with Gasteiger partial charge >= 0.3 is 0 Å². The Hall–Kier alpha value is -3.20. The summed E-state index contributed by atoms with van der Waals surface area (Å²) in [5.41, 5.74) is 3.07. The molecule has 1 saturated carbocycles. The Morgan fingerprint density at radius 1 is 1.03 bits per heavy atom. The first-order valence-corrected chi connectivity index (χ1v) is 12.7. The predicted molar refractivity (Wildman–Crippen MR) is 133 cm³/mol. The largest absolute Gasteiger partial charge is 0.457 e. The lowest BCUT2D eigenvalue weighted by molar-refractivity contribution is -0.124. The van der Waals surface area contributed by atoms with Gasteiger partial charge in [-0.1, -0.05) is 24.3 Å². The van der Waals surface area contributed by atoms with E-state index < -0.39 is 0 Å². The molecule has 0 spiro atoms. The summed E-state index contributed by atoms with van der Waals surface area (Å²) in [7, 11) is 0. The molecule has 0 radical (unpaired) electrons. The highest BCUT2D eigenvalue weighted by Crippen LogP contribution is 2.30. The number of carbonyl (C=O) groups excluding carboxylic acids is 1. The Morgan fingerprint density at radius 2 is 1.81 bits per heavy atom. The summed E-state index contributed by atoms with van der Waals surface area (Å²) < 4.78 is 18.0. The number of aromatic nitrogens is 1. The quantitative estimate of drug-likeness (QED) is 0.603. The zero-order valence-electron chi connectivity index (χ0n) is 20.6. The van der Waals surface area contributed by atoms with Crippen molar-refractivity contribution in [3.05, 3.63) is 77.5 Å². The van der Waals surface area contributed by atoms with Crippen molar-refractivity contribution in [2.75, 3.05) is 19.6 Å². The number of ether oxygens (including phenoxy) is 2. The summed E-state index contributed by atoms with van der Waals surface area (Å²) in [6, 6.07) is 16.5. The third kappa shape index (κ3) is 5.61. The number of hydrogen-bond acceptors (Lipinski definition) is 7. The number of oxazole rings is 1. The molecule has 2 aliphatic heterocycles. The van der Waals surface area contributed by atoms with Crippen LogP contribution in [-0.4, -0.2) is 58.5 Å². The number of likely N-dealkylation sites (tertiary alicyclic amines) is 1. The van der Waals surface area contributed by atoms with Crippen LogP contribution in [0.15, 0.2) is 59.2 Å². The molecule has 3 heterocycles. The van der Waals surface area contributed by atoms with Crippen LogP contribution in [0.5, 0.6) is 11.5 Å². The number of carbonyl (C=O) groups is 1. The van der Waals surface area contributed by atoms with Crippen molar-refractivity contribution in [3.63, 3.8) is 0 Å². The van der Waals surface area contributed by atoms with Gasteiger partial charge in [0.05, 0.1) is 31.0 Å². The zero-order valence-corrected chi connectivity index (χ0v) is 20.6. The lowest BCUT2D eigenvalue weighted by Crippen LogP contribution is -2.48. The third-order valence-corrected chi connectivity index (χ3v) is 7.03. The first-order chi connectivity index (χ1) is 17.6. The Bertz CT molecular complexity index is 1220. The maximum Gasteiger partial charge on any atom is 0.234 e. The smallest absolute Gasteiger partial charge is 0.234 e. The van der Waals surface area contributed by atoms with Gasteiger partial charge in [-0.25, -0.2) is 4.98 Å². The molecular formula is C28H32N4O4. The van der Waals surface area contributed by atoms with Gasteiger partial charge in [-0.2, -0.15) is 0 Å². The molecule has 3 aromatic rings. The molecule has 8 nitrogen and oxygen atoms in total. The number of benzene rings is 2. The molecule has 1 amide bonds. The SMILES string of the molecule is Cc1nc(CN2C[C@@H]3NC(=O)CN(C4CC4)Cc4cccc(c4)Oc4cccc(c4)CO[C@H]3C2)co1. The summed E-state index contributed by atoms with van der Waals surface area (Å²) in [5.74, 6) is 2.29. The monoisotopic (exact) mass is 488 g/mol. The van der Waals surface area contributed by atoms with E-state index in [2.05, 4.69) is 32.2 Å². The minimum atomic E-state index is -0.124. The fourth-order valence-corrected chi connectivity index (χ4v) is 5.17. The van der Waals surface area contributed by atoms with Crippen LogP contribution < -0.4 is 10.1 Å². The molecule has 188 valence electrons. The predicted octanol–water partition coefficient (Wildman–Crippen LogP) is 3.64. The van der Waals surface area contributed by atoms with Gasteiger partial charge in [-0.05, 0) is 48.2 Å². The fourth-order valence-electron chi connectivity index (χ4n) is 5.17. The van der Waals surface area contributed by atoms with E-state index in [-0.39, 0.29) is 18.1 Å². The number of aryl methyl sites for hydroxylation is 1. The van der Waals surface area contributed by atoms with Gasteiger partial charge < -0.3 is 19.2 Å². The van der Waals surface area contributed by atoms with Gasteiger partial charge in [-0.3, -0.25) is 14.6 Å². The Morgan fingerprint density at radius 3 is 2.56 bits per heavy atom. The molecule has 1 aliphatic carbocycles. The van der Waals surface area contributed by atoms with Crippen LogP contribution in [0.1, 0.15) is 35.6 Å². The van der Waals surface area contributed by atoms with Gasteiger partial charge in [0, 0.05) is 39.1 Å². The summed E-state index contributed by atoms with van der Waals surface area (Å²) >= 11 is 0. The van der Waals surface area contributed by atoms with Crippen molar-refractivity contribution in [2.45, 2.75) is 57.6 Å². The maximum atomic E-state index is 13.2. The highest BCUT2D eigenvalue weighted by Gasteiger charge is 2.36. The average molecular weight is 489 g/mol. The minimum Gasteiger partial charge on any atom is -0.457 e. The van der Waals surface area contributed by atoms with Crippen LogP contribution in [0.25, 0.3) is 0 Å². The highest BCUT2D eigenvalue weighted by molar-refractivity contribution is 5.78. The van der Waals surface area contributed by atoms with Gasteiger partial charge in [0.1, 0.15) is 17.8 Å². The number of hydrogen-bond donors (Lipinski definition) is 1. The van der Waals surface area contributed by atoms with E-state index >= 15 is 0 Å². The number of fused-ring (bicyclic) bond motifs is 5. The maximum absolute atomic E-state index is 13.2. The van der Waals surface area contributed by atoms with Gasteiger partial charge in [0.2, 0.25) is 5.91 Å². The highest BCUT2D eigenvalue weighted by atomic mass is 16.5. The standard InChI is InChI=1S/C28H32N4O4/c1-19-29-22(18-34-19)13-31-14-26-27(15-31)35-17-21-5-3-7-25(11-21)36-24-6-2-4-20(10-24)12-32(23-8-9-23)16-28(33)30-26/h2-7,10-11,18,23,26-27H,8-9,12-17H2,1H3,(H,30,33)/t26-,27-/m0/s1. The number of nitrogens with one attached hydrogen (secondary N) is 1. The van der Waals surface area contributed by atoms with E-state index in [0.29, 0.717) is 44.7 Å². The second-order valence-electron chi connectivity index (χ2n) is 10.1. The first kappa shape index (κ1) is 23.2. The molecule has 8 heteroatoms. The summed E-state index contributed by atoms with van der Waals surface area (Å²) in [6.45, 7) is 5.47. The van der Waals surface area contributed by atoms with E-state index in [1.807, 2.05) is 43.3 Å². The molecule has 6 rings (SSSR count). The van der Waals surface area contributed by atoms with E-state index in [0.717, 1.165) is 47.7 Å². The van der Waals surface area contributed by atoms with E-state index in [9.17, 15) is 4.79 Å². The van der Waals surface area contributed by atoms with Crippen LogP contribution in [0, 0.1) is 6.92 Å². The number of amides is 1. The Balaban J connectivity index is 1.25. The molecule has 2 fully saturated rings. The molecule has 1 aromatic heterocycles. The summed E-state index contributed by atoms with van der Waals surface area (Å²) in [6.07, 6.45) is 3.85. The molecule has 0 unspecified atom stereocenters. The zero-order chi connectivity index (χ0) is 24.5. The van der Waals surface area contributed by atoms with E-state index in [1.165, 1.54) is 0 Å². The van der Waals surface area contributed by atoms with Gasteiger partial charge in [0.15, 0.2) is 5.89 Å². The molecule has 2 atom stereocenters. The van der Waals surface area contributed by atoms with Crippen molar-refractivity contribution in [1.29, 1.82) is 0 Å². The summed E-state index contributed by atoms with van der Waals surface area (Å²) in [5, 5.41) is 3.29. The lowest BCUT2D eigenvalue weighted by atomic mass is 10.1. The van der Waals surface area contributed by atoms with Crippen LogP contribution in [0.2, 0.25) is 0 Å². The van der Waals surface area contributed by atoms with Crippen molar-refractivity contribution < 1.29 is 18.7 Å². The number of rotatable bonds is 3. The van der Waals surface area contributed by atoms with Crippen LogP contribution in [0.3, 0.4) is 0 Å². The second-order valence-corrected chi connectivity index (χ2v) is 10.1. The van der Waals surface area contributed by atoms with Crippen LogP contribution >= 0.6 is 0 Å². The average Bonchev–Trinajstić information content (AvgIpc) is 3.53. The van der Waals surface area contributed by atoms with Crippen molar-refractivity contribution in [3.8, 4) is 11.5 Å². The van der Waals surface area contributed by atoms with Crippen molar-refractivity contribution in [2.24, 2.45) is 0 Å². The molecule has 36 heavy (non-hydrogen) atoms. The third-order valence-electron chi connectivity index (χ3n) is 7.03. The van der Waals surface area contributed by atoms with Gasteiger partial charge in [0.25, 0.3) is 0 Å². The second kappa shape index (κ2) is 10.0. The first-order valence-electron chi connectivity index (χ1n) is 12.7. The van der Waals surface area contributed by atoms with Gasteiger partial charge in [-0.15, -0.1) is 0 Å². The fraction of sp³-hybridized carbons (Fsp3) is 0.429. The molecule has 1 N–H and O–H groups in total. The van der Waals surface area contributed by atoms with Crippen molar-refractivity contribution in [1.82, 2.24) is 20.1 Å². The van der Waals surface area contributed by atoms with Crippen molar-refractivity contribution >= 4 is 5.91 Å². The lowest BCUT2D eigenvalue weighted by Gasteiger charge is -2.25. The molecule has 2 aromatic carbocycles. The van der Waals surface area contributed by atoms with Crippen LogP contribution in [0.4, 0.5) is 0 Å². The molecule has 1 saturated heterocycles.